The minimum atomic E-state index is -0.0170. The Hall–Kier alpha value is -2.08. The maximum absolute atomic E-state index is 8.78. The molecule has 28 heavy (non-hydrogen) atoms. The fourth-order valence-electron chi connectivity index (χ4n) is 3.07. The third kappa shape index (κ3) is 6.82. The standard InChI is InChI=1S/C23H30O5/c24-14-2-4-16-26-22-12-8-20(9-13-22)19-6-10-21(11-7-19)25-15-3-1-5-23-27-17-18-28-23/h6-13,23-24H,1-5,14-18H2. The van der Waals surface area contributed by atoms with Gasteiger partial charge in [-0.3, -0.25) is 0 Å². The van der Waals surface area contributed by atoms with Crippen LogP contribution in [-0.2, 0) is 9.47 Å². The summed E-state index contributed by atoms with van der Waals surface area (Å²) < 4.78 is 22.4. The van der Waals surface area contributed by atoms with Crippen LogP contribution in [0.3, 0.4) is 0 Å². The topological polar surface area (TPSA) is 57.2 Å². The van der Waals surface area contributed by atoms with Gasteiger partial charge in [0.1, 0.15) is 11.5 Å². The second kappa shape index (κ2) is 11.7. The van der Waals surface area contributed by atoms with Gasteiger partial charge in [-0.25, -0.2) is 0 Å². The molecular weight excluding hydrogens is 356 g/mol. The van der Waals surface area contributed by atoms with Crippen LogP contribution < -0.4 is 9.47 Å². The SMILES string of the molecule is OCCCCOc1ccc(-c2ccc(OCCCCC3OCCO3)cc2)cc1. The highest BCUT2D eigenvalue weighted by Gasteiger charge is 2.14. The van der Waals surface area contributed by atoms with Gasteiger partial charge in [-0.2, -0.15) is 0 Å². The first-order valence-corrected chi connectivity index (χ1v) is 10.2. The quantitative estimate of drug-likeness (QED) is 0.547. The molecule has 1 N–H and O–H groups in total. The van der Waals surface area contributed by atoms with Gasteiger partial charge in [-0.05, 0) is 67.5 Å². The third-order valence-corrected chi connectivity index (χ3v) is 4.66. The third-order valence-electron chi connectivity index (χ3n) is 4.66. The van der Waals surface area contributed by atoms with Crippen LogP contribution in [0.2, 0.25) is 0 Å². The average molecular weight is 386 g/mol. The predicted octanol–water partition coefficient (Wildman–Crippen LogP) is 4.43. The summed E-state index contributed by atoms with van der Waals surface area (Å²) in [5, 5.41) is 8.78. The van der Waals surface area contributed by atoms with E-state index >= 15 is 0 Å². The molecule has 0 atom stereocenters. The van der Waals surface area contributed by atoms with Crippen LogP contribution in [0, 0.1) is 0 Å². The Morgan fingerprint density at radius 1 is 0.714 bits per heavy atom. The van der Waals surface area contributed by atoms with E-state index in [1.807, 2.05) is 24.3 Å². The van der Waals surface area contributed by atoms with Crippen molar-refractivity contribution in [1.82, 2.24) is 0 Å². The molecule has 1 aliphatic rings. The van der Waals surface area contributed by atoms with Crippen molar-refractivity contribution in [3.63, 3.8) is 0 Å². The fraction of sp³-hybridized carbons (Fsp3) is 0.478. The van der Waals surface area contributed by atoms with E-state index in [0.29, 0.717) is 26.4 Å². The molecule has 2 aromatic carbocycles. The zero-order chi connectivity index (χ0) is 19.4. The Labute approximate surface area is 167 Å². The maximum atomic E-state index is 8.78. The molecule has 0 saturated carbocycles. The Balaban J connectivity index is 1.38. The van der Waals surface area contributed by atoms with E-state index in [1.54, 1.807) is 0 Å². The fourth-order valence-corrected chi connectivity index (χ4v) is 3.07. The van der Waals surface area contributed by atoms with E-state index in [2.05, 4.69) is 24.3 Å². The number of ether oxygens (including phenoxy) is 4. The van der Waals surface area contributed by atoms with Gasteiger partial charge in [0, 0.05) is 6.61 Å². The lowest BCUT2D eigenvalue weighted by Gasteiger charge is -2.10. The van der Waals surface area contributed by atoms with Crippen molar-refractivity contribution in [3.05, 3.63) is 48.5 Å². The van der Waals surface area contributed by atoms with E-state index in [0.717, 1.165) is 54.7 Å². The van der Waals surface area contributed by atoms with E-state index in [1.165, 1.54) is 0 Å². The van der Waals surface area contributed by atoms with E-state index in [4.69, 9.17) is 24.1 Å². The number of hydrogen-bond acceptors (Lipinski definition) is 5. The molecule has 5 heteroatoms. The largest absolute Gasteiger partial charge is 0.494 e. The number of aliphatic hydroxyl groups excluding tert-OH is 1. The molecule has 1 heterocycles. The Bertz CT molecular complexity index is 662. The molecule has 3 rings (SSSR count). The molecule has 0 unspecified atom stereocenters. The molecule has 152 valence electrons. The highest BCUT2D eigenvalue weighted by molar-refractivity contribution is 5.64. The lowest BCUT2D eigenvalue weighted by molar-refractivity contribution is -0.0482. The van der Waals surface area contributed by atoms with Crippen molar-refractivity contribution >= 4 is 0 Å². The molecule has 2 aromatic rings. The highest BCUT2D eigenvalue weighted by Crippen LogP contribution is 2.25. The van der Waals surface area contributed by atoms with Crippen LogP contribution in [0.4, 0.5) is 0 Å². The van der Waals surface area contributed by atoms with Gasteiger partial charge in [-0.15, -0.1) is 0 Å². The van der Waals surface area contributed by atoms with Gasteiger partial charge < -0.3 is 24.1 Å². The van der Waals surface area contributed by atoms with Gasteiger partial charge in [0.25, 0.3) is 0 Å². The number of unbranched alkanes of at least 4 members (excludes halogenated alkanes) is 2. The van der Waals surface area contributed by atoms with E-state index in [9.17, 15) is 0 Å². The lowest BCUT2D eigenvalue weighted by Crippen LogP contribution is -2.08. The van der Waals surface area contributed by atoms with Gasteiger partial charge in [0.2, 0.25) is 0 Å². The van der Waals surface area contributed by atoms with Crippen LogP contribution in [0.5, 0.6) is 11.5 Å². The first-order valence-electron chi connectivity index (χ1n) is 10.2. The Morgan fingerprint density at radius 2 is 1.21 bits per heavy atom. The van der Waals surface area contributed by atoms with Gasteiger partial charge >= 0.3 is 0 Å². The lowest BCUT2D eigenvalue weighted by atomic mass is 10.1. The highest BCUT2D eigenvalue weighted by atomic mass is 16.7. The van der Waals surface area contributed by atoms with Crippen molar-refractivity contribution < 1.29 is 24.1 Å². The molecule has 0 bridgehead atoms. The Kier molecular flexibility index (Phi) is 8.62. The number of aliphatic hydroxyl groups is 1. The molecule has 0 aromatic heterocycles. The minimum absolute atomic E-state index is 0.0170. The molecule has 0 aliphatic carbocycles. The average Bonchev–Trinajstić information content (AvgIpc) is 3.26. The van der Waals surface area contributed by atoms with Crippen molar-refractivity contribution in [3.8, 4) is 22.6 Å². The van der Waals surface area contributed by atoms with Gasteiger partial charge in [0.05, 0.1) is 26.4 Å². The van der Waals surface area contributed by atoms with Crippen LogP contribution in [-0.4, -0.2) is 44.4 Å². The van der Waals surface area contributed by atoms with E-state index < -0.39 is 0 Å². The number of rotatable bonds is 12. The summed E-state index contributed by atoms with van der Waals surface area (Å²) in [6, 6.07) is 16.3. The van der Waals surface area contributed by atoms with Gasteiger partial charge in [-0.1, -0.05) is 24.3 Å². The zero-order valence-electron chi connectivity index (χ0n) is 16.3. The van der Waals surface area contributed by atoms with Crippen LogP contribution >= 0.6 is 0 Å². The number of benzene rings is 2. The van der Waals surface area contributed by atoms with Crippen molar-refractivity contribution in [2.45, 2.75) is 38.4 Å². The van der Waals surface area contributed by atoms with Crippen LogP contribution in [0.1, 0.15) is 32.1 Å². The first kappa shape index (κ1) is 20.6. The van der Waals surface area contributed by atoms with E-state index in [-0.39, 0.29) is 12.9 Å². The molecule has 1 fully saturated rings. The summed E-state index contributed by atoms with van der Waals surface area (Å²) in [4.78, 5) is 0. The smallest absolute Gasteiger partial charge is 0.157 e. The summed E-state index contributed by atoms with van der Waals surface area (Å²) in [5.74, 6) is 1.75. The summed E-state index contributed by atoms with van der Waals surface area (Å²) in [7, 11) is 0. The van der Waals surface area contributed by atoms with Crippen molar-refractivity contribution in [2.24, 2.45) is 0 Å². The molecule has 1 aliphatic heterocycles. The van der Waals surface area contributed by atoms with Crippen molar-refractivity contribution in [2.75, 3.05) is 33.0 Å². The normalized spacial score (nSPS) is 14.3. The molecule has 0 amide bonds. The second-order valence-corrected chi connectivity index (χ2v) is 6.84. The first-order chi connectivity index (χ1) is 13.8. The van der Waals surface area contributed by atoms with Gasteiger partial charge in [0.15, 0.2) is 6.29 Å². The summed E-state index contributed by atoms with van der Waals surface area (Å²) in [6.45, 7) is 2.98. The van der Waals surface area contributed by atoms with Crippen LogP contribution in [0.15, 0.2) is 48.5 Å². The number of hydrogen-bond donors (Lipinski definition) is 1. The maximum Gasteiger partial charge on any atom is 0.157 e. The summed E-state index contributed by atoms with van der Waals surface area (Å²) in [6.07, 6.45) is 4.58. The molecule has 0 radical (unpaired) electrons. The minimum Gasteiger partial charge on any atom is -0.494 e. The molecular formula is C23H30O5. The monoisotopic (exact) mass is 386 g/mol. The summed E-state index contributed by atoms with van der Waals surface area (Å²) >= 11 is 0. The Morgan fingerprint density at radius 3 is 1.71 bits per heavy atom. The zero-order valence-corrected chi connectivity index (χ0v) is 16.3. The molecule has 5 nitrogen and oxygen atoms in total. The predicted molar refractivity (Wildman–Crippen MR) is 109 cm³/mol. The molecule has 0 spiro atoms. The molecule has 1 saturated heterocycles. The second-order valence-electron chi connectivity index (χ2n) is 6.84. The summed E-state index contributed by atoms with van der Waals surface area (Å²) in [5.41, 5.74) is 2.29. The van der Waals surface area contributed by atoms with Crippen molar-refractivity contribution in [1.29, 1.82) is 0 Å². The van der Waals surface area contributed by atoms with Crippen LogP contribution in [0.25, 0.3) is 11.1 Å².